The van der Waals surface area contributed by atoms with Gasteiger partial charge in [0.25, 0.3) is 0 Å². The Hall–Kier alpha value is -0.0400. The van der Waals surface area contributed by atoms with E-state index in [1.165, 1.54) is 173 Å². The zero-order valence-electron chi connectivity index (χ0n) is 20.9. The van der Waals surface area contributed by atoms with Crippen LogP contribution in [0.15, 0.2) is 0 Å². The quantitative estimate of drug-likeness (QED) is 0.377. The lowest BCUT2D eigenvalue weighted by molar-refractivity contribution is 0.125. The summed E-state index contributed by atoms with van der Waals surface area (Å²) in [4.78, 5) is 0. The molecule has 1 heteroatoms. The first kappa shape index (κ1) is 28.0. The summed E-state index contributed by atoms with van der Waals surface area (Å²) in [5, 5.41) is 0. The lowest BCUT2D eigenvalue weighted by Crippen LogP contribution is -1.97. The maximum Gasteiger partial charge on any atom is 0.0466 e. The summed E-state index contributed by atoms with van der Waals surface area (Å²) in [6.07, 6.45) is 39.2. The van der Waals surface area contributed by atoms with Crippen molar-refractivity contribution >= 4 is 0 Å². The Bertz CT molecular complexity index is 154. The Kier molecular flexibility index (Phi) is 23.5. The first-order chi connectivity index (χ1) is 15.0. The molecule has 1 rings (SSSR count). The van der Waals surface area contributed by atoms with E-state index < -0.39 is 0 Å². The van der Waals surface area contributed by atoms with Gasteiger partial charge < -0.3 is 4.74 Å². The minimum atomic E-state index is 1.00. The smallest absolute Gasteiger partial charge is 0.0466 e. The Balaban J connectivity index is 2.00. The molecular weight excluding hydrogens is 364 g/mol. The first-order valence-corrected chi connectivity index (χ1v) is 14.6. The molecule has 180 valence electrons. The highest BCUT2D eigenvalue weighted by Gasteiger charge is 1.97. The molecule has 0 aromatic heterocycles. The van der Waals surface area contributed by atoms with E-state index in [1.807, 2.05) is 0 Å². The van der Waals surface area contributed by atoms with Crippen molar-refractivity contribution in [2.45, 2.75) is 173 Å². The predicted molar refractivity (Wildman–Crippen MR) is 135 cm³/mol. The first-order valence-electron chi connectivity index (χ1n) is 14.6. The molecule has 1 fully saturated rings. The summed E-state index contributed by atoms with van der Waals surface area (Å²) in [7, 11) is 0. The summed E-state index contributed by atoms with van der Waals surface area (Å²) in [6, 6.07) is 0. The Morgan fingerprint density at radius 2 is 0.300 bits per heavy atom. The highest BCUT2D eigenvalue weighted by atomic mass is 16.5. The van der Waals surface area contributed by atoms with Gasteiger partial charge >= 0.3 is 0 Å². The van der Waals surface area contributed by atoms with E-state index in [2.05, 4.69) is 0 Å². The fourth-order valence-corrected chi connectivity index (χ4v) is 4.93. The molecule has 0 aromatic carbocycles. The summed E-state index contributed by atoms with van der Waals surface area (Å²) in [5.74, 6) is 0. The summed E-state index contributed by atoms with van der Waals surface area (Å²) in [5.41, 5.74) is 0. The second kappa shape index (κ2) is 25.2. The van der Waals surface area contributed by atoms with Crippen LogP contribution in [-0.2, 0) is 4.74 Å². The molecule has 0 unspecified atom stereocenters. The van der Waals surface area contributed by atoms with Crippen LogP contribution in [0, 0.1) is 0 Å². The lowest BCUT2D eigenvalue weighted by atomic mass is 10.0. The number of rotatable bonds is 0. The molecule has 30 heavy (non-hydrogen) atoms. The SMILES string of the molecule is C1CCCCCCCCCCCCCCOCCCCCCCCCCCCCC1. The van der Waals surface area contributed by atoms with Crippen LogP contribution in [0.4, 0.5) is 0 Å². The Morgan fingerprint density at radius 3 is 0.467 bits per heavy atom. The molecule has 1 heterocycles. The number of hydrogen-bond acceptors (Lipinski definition) is 1. The third-order valence-electron chi connectivity index (χ3n) is 7.08. The molecule has 0 radical (unpaired) electrons. The van der Waals surface area contributed by atoms with E-state index >= 15 is 0 Å². The van der Waals surface area contributed by atoms with Crippen molar-refractivity contribution in [2.75, 3.05) is 13.2 Å². The van der Waals surface area contributed by atoms with Gasteiger partial charge in [-0.25, -0.2) is 0 Å². The standard InChI is InChI=1S/C29H58O/c1-2-4-6-8-10-12-14-16-18-20-22-24-26-28-30-29-27-25-23-21-19-17-15-13-11-9-7-5-3-1/h1-29H2. The van der Waals surface area contributed by atoms with Crippen LogP contribution in [0.25, 0.3) is 0 Å². The van der Waals surface area contributed by atoms with Gasteiger partial charge in [-0.2, -0.15) is 0 Å². The van der Waals surface area contributed by atoms with E-state index in [0.717, 1.165) is 13.2 Å². The molecule has 1 saturated heterocycles. The largest absolute Gasteiger partial charge is 0.381 e. The van der Waals surface area contributed by atoms with Gasteiger partial charge in [0.2, 0.25) is 0 Å². The van der Waals surface area contributed by atoms with Gasteiger partial charge in [-0.3, -0.25) is 0 Å². The zero-order chi connectivity index (χ0) is 21.2. The Morgan fingerprint density at radius 1 is 0.167 bits per heavy atom. The average Bonchev–Trinajstić information content (AvgIpc) is 2.76. The van der Waals surface area contributed by atoms with Crippen molar-refractivity contribution < 1.29 is 4.74 Å². The predicted octanol–water partition coefficient (Wildman–Crippen LogP) is 10.5. The second-order valence-electron chi connectivity index (χ2n) is 10.2. The summed E-state index contributed by atoms with van der Waals surface area (Å²) < 4.78 is 5.83. The molecule has 0 aliphatic carbocycles. The molecule has 0 aromatic rings. The van der Waals surface area contributed by atoms with Crippen LogP contribution in [0.2, 0.25) is 0 Å². The molecule has 1 aliphatic rings. The number of ether oxygens (including phenoxy) is 1. The lowest BCUT2D eigenvalue weighted by Gasteiger charge is -2.06. The molecule has 0 N–H and O–H groups in total. The highest BCUT2D eigenvalue weighted by Crippen LogP contribution is 2.16. The molecular formula is C29H58O. The molecule has 0 saturated carbocycles. The van der Waals surface area contributed by atoms with Crippen LogP contribution < -0.4 is 0 Å². The summed E-state index contributed by atoms with van der Waals surface area (Å²) in [6.45, 7) is 2.00. The van der Waals surface area contributed by atoms with Gasteiger partial charge in [-0.15, -0.1) is 0 Å². The van der Waals surface area contributed by atoms with Gasteiger partial charge in [-0.1, -0.05) is 161 Å². The molecule has 1 nitrogen and oxygen atoms in total. The van der Waals surface area contributed by atoms with E-state index in [9.17, 15) is 0 Å². The third-order valence-corrected chi connectivity index (χ3v) is 7.08. The van der Waals surface area contributed by atoms with Crippen LogP contribution in [0.3, 0.4) is 0 Å². The maximum atomic E-state index is 5.83. The fourth-order valence-electron chi connectivity index (χ4n) is 4.93. The molecule has 0 amide bonds. The normalized spacial score (nSPS) is 24.0. The van der Waals surface area contributed by atoms with Crippen LogP contribution in [0.1, 0.15) is 173 Å². The number of hydrogen-bond donors (Lipinski definition) is 0. The summed E-state index contributed by atoms with van der Waals surface area (Å²) >= 11 is 0. The fraction of sp³-hybridized carbons (Fsp3) is 1.00. The van der Waals surface area contributed by atoms with Crippen molar-refractivity contribution in [2.24, 2.45) is 0 Å². The van der Waals surface area contributed by atoms with Gasteiger partial charge in [0.05, 0.1) is 0 Å². The molecule has 0 atom stereocenters. The van der Waals surface area contributed by atoms with Crippen molar-refractivity contribution in [1.29, 1.82) is 0 Å². The minimum absolute atomic E-state index is 1.00. The second-order valence-corrected chi connectivity index (χ2v) is 10.2. The van der Waals surface area contributed by atoms with Gasteiger partial charge in [0.1, 0.15) is 0 Å². The van der Waals surface area contributed by atoms with Crippen LogP contribution >= 0.6 is 0 Å². The average molecular weight is 423 g/mol. The topological polar surface area (TPSA) is 9.23 Å². The molecule has 1 aliphatic heterocycles. The van der Waals surface area contributed by atoms with E-state index in [4.69, 9.17) is 4.74 Å². The van der Waals surface area contributed by atoms with Crippen molar-refractivity contribution in [3.63, 3.8) is 0 Å². The highest BCUT2D eigenvalue weighted by molar-refractivity contribution is 4.52. The van der Waals surface area contributed by atoms with Crippen molar-refractivity contribution in [3.8, 4) is 0 Å². The van der Waals surface area contributed by atoms with Gasteiger partial charge in [0.15, 0.2) is 0 Å². The molecule has 0 spiro atoms. The molecule has 0 bridgehead atoms. The Labute approximate surface area is 191 Å². The van der Waals surface area contributed by atoms with Gasteiger partial charge in [0, 0.05) is 13.2 Å². The van der Waals surface area contributed by atoms with E-state index in [0.29, 0.717) is 0 Å². The van der Waals surface area contributed by atoms with Crippen LogP contribution in [0.5, 0.6) is 0 Å². The van der Waals surface area contributed by atoms with Crippen molar-refractivity contribution in [1.82, 2.24) is 0 Å². The van der Waals surface area contributed by atoms with Crippen molar-refractivity contribution in [3.05, 3.63) is 0 Å². The van der Waals surface area contributed by atoms with E-state index in [1.54, 1.807) is 0 Å². The zero-order valence-corrected chi connectivity index (χ0v) is 20.9. The minimum Gasteiger partial charge on any atom is -0.381 e. The maximum absolute atomic E-state index is 5.83. The monoisotopic (exact) mass is 422 g/mol. The van der Waals surface area contributed by atoms with Crippen LogP contribution in [-0.4, -0.2) is 13.2 Å². The van der Waals surface area contributed by atoms with E-state index in [-0.39, 0.29) is 0 Å². The third kappa shape index (κ3) is 22.6. The van der Waals surface area contributed by atoms with Gasteiger partial charge in [-0.05, 0) is 12.8 Å².